The molecule has 0 aliphatic heterocycles. The molecule has 0 spiro atoms. The lowest BCUT2D eigenvalue weighted by molar-refractivity contribution is -0.143. The Balaban J connectivity index is 2.25. The van der Waals surface area contributed by atoms with E-state index in [2.05, 4.69) is 15.6 Å². The summed E-state index contributed by atoms with van der Waals surface area (Å²) in [7, 11) is 0. The van der Waals surface area contributed by atoms with E-state index in [1.165, 1.54) is 10.9 Å². The van der Waals surface area contributed by atoms with E-state index >= 15 is 0 Å². The van der Waals surface area contributed by atoms with Crippen molar-refractivity contribution >= 4 is 11.9 Å². The summed E-state index contributed by atoms with van der Waals surface area (Å²) in [4.78, 5) is 22.7. The third kappa shape index (κ3) is 5.47. The average molecular weight is 269 g/mol. The quantitative estimate of drug-likeness (QED) is 0.477. The van der Waals surface area contributed by atoms with Crippen LogP contribution in [0.4, 0.5) is 0 Å². The highest BCUT2D eigenvalue weighted by Gasteiger charge is 2.10. The second-order valence-corrected chi connectivity index (χ2v) is 3.82. The molecule has 19 heavy (non-hydrogen) atoms. The number of nitrogens with two attached hydrogens (primary N) is 1. The van der Waals surface area contributed by atoms with Crippen molar-refractivity contribution in [2.24, 2.45) is 5.73 Å². The van der Waals surface area contributed by atoms with Gasteiger partial charge in [0.1, 0.15) is 0 Å². The maximum Gasteiger partial charge on any atom is 0.305 e. The van der Waals surface area contributed by atoms with E-state index < -0.39 is 0 Å². The van der Waals surface area contributed by atoms with E-state index in [4.69, 9.17) is 10.5 Å². The zero-order valence-electron chi connectivity index (χ0n) is 11.0. The zero-order valence-corrected chi connectivity index (χ0v) is 11.0. The van der Waals surface area contributed by atoms with Crippen LogP contribution >= 0.6 is 0 Å². The number of nitrogens with zero attached hydrogens (tertiary/aromatic N) is 3. The van der Waals surface area contributed by atoms with Crippen LogP contribution in [0.25, 0.3) is 0 Å². The molecule has 0 bridgehead atoms. The van der Waals surface area contributed by atoms with Crippen molar-refractivity contribution in [3.05, 3.63) is 11.9 Å². The molecule has 3 N–H and O–H groups in total. The number of ether oxygens (including phenoxy) is 1. The van der Waals surface area contributed by atoms with Gasteiger partial charge in [-0.2, -0.15) is 0 Å². The Morgan fingerprint density at radius 3 is 3.00 bits per heavy atom. The fourth-order valence-corrected chi connectivity index (χ4v) is 1.40. The van der Waals surface area contributed by atoms with Gasteiger partial charge in [0.2, 0.25) is 0 Å². The van der Waals surface area contributed by atoms with Gasteiger partial charge in [-0.1, -0.05) is 5.21 Å². The summed E-state index contributed by atoms with van der Waals surface area (Å²) >= 11 is 0. The molecule has 1 heterocycles. The minimum absolute atomic E-state index is 0.240. The van der Waals surface area contributed by atoms with Crippen LogP contribution in [0.1, 0.15) is 30.3 Å². The number of hydrogen-bond acceptors (Lipinski definition) is 6. The van der Waals surface area contributed by atoms with Crippen molar-refractivity contribution < 1.29 is 14.3 Å². The molecule has 0 radical (unpaired) electrons. The van der Waals surface area contributed by atoms with Gasteiger partial charge in [0.15, 0.2) is 5.69 Å². The molecule has 0 atom stereocenters. The Morgan fingerprint density at radius 1 is 1.53 bits per heavy atom. The molecule has 1 amide bonds. The van der Waals surface area contributed by atoms with Crippen LogP contribution in [0.2, 0.25) is 0 Å². The third-order valence-corrected chi connectivity index (χ3v) is 2.28. The largest absolute Gasteiger partial charge is 0.466 e. The number of amides is 1. The van der Waals surface area contributed by atoms with Gasteiger partial charge in [0.05, 0.1) is 19.3 Å². The maximum absolute atomic E-state index is 11.7. The average Bonchev–Trinajstić information content (AvgIpc) is 2.84. The lowest BCUT2D eigenvalue weighted by atomic mass is 10.3. The van der Waals surface area contributed by atoms with Crippen molar-refractivity contribution in [3.63, 3.8) is 0 Å². The van der Waals surface area contributed by atoms with Gasteiger partial charge >= 0.3 is 5.97 Å². The van der Waals surface area contributed by atoms with Crippen molar-refractivity contribution in [1.29, 1.82) is 0 Å². The van der Waals surface area contributed by atoms with Crippen molar-refractivity contribution in [3.8, 4) is 0 Å². The molecule has 0 fully saturated rings. The van der Waals surface area contributed by atoms with Crippen LogP contribution in [0.3, 0.4) is 0 Å². The highest BCUT2D eigenvalue weighted by Crippen LogP contribution is 1.95. The maximum atomic E-state index is 11.7. The normalized spacial score (nSPS) is 10.2. The molecule has 1 aromatic heterocycles. The summed E-state index contributed by atoms with van der Waals surface area (Å²) in [6.07, 6.45) is 2.35. The van der Waals surface area contributed by atoms with Crippen LogP contribution < -0.4 is 11.1 Å². The van der Waals surface area contributed by atoms with Crippen LogP contribution in [0, 0.1) is 0 Å². The molecule has 0 unspecified atom stereocenters. The van der Waals surface area contributed by atoms with Crippen LogP contribution in [-0.2, 0) is 16.1 Å². The topological polar surface area (TPSA) is 112 Å². The lowest BCUT2D eigenvalue weighted by Crippen LogP contribution is -2.25. The molecule has 8 heteroatoms. The molecule has 0 saturated heterocycles. The molecule has 1 rings (SSSR count). The van der Waals surface area contributed by atoms with Gasteiger partial charge in [0, 0.05) is 19.5 Å². The first-order valence-electron chi connectivity index (χ1n) is 6.21. The molecule has 0 aliphatic carbocycles. The van der Waals surface area contributed by atoms with Gasteiger partial charge in [-0.25, -0.2) is 0 Å². The predicted octanol–water partition coefficient (Wildman–Crippen LogP) is -0.690. The Kier molecular flexibility index (Phi) is 6.51. The fraction of sp³-hybridized carbons (Fsp3) is 0.636. The third-order valence-electron chi connectivity index (χ3n) is 2.28. The first-order chi connectivity index (χ1) is 9.17. The number of esters is 1. The number of aromatic nitrogens is 3. The Morgan fingerprint density at radius 2 is 2.32 bits per heavy atom. The fourth-order valence-electron chi connectivity index (χ4n) is 1.40. The molecule has 1 aromatic rings. The molecule has 0 aromatic carbocycles. The van der Waals surface area contributed by atoms with Crippen molar-refractivity contribution in [2.75, 3.05) is 19.7 Å². The highest BCUT2D eigenvalue weighted by molar-refractivity contribution is 5.91. The highest BCUT2D eigenvalue weighted by atomic mass is 16.5. The Hall–Kier alpha value is -1.96. The lowest BCUT2D eigenvalue weighted by Gasteiger charge is -2.03. The van der Waals surface area contributed by atoms with Gasteiger partial charge < -0.3 is 15.8 Å². The van der Waals surface area contributed by atoms with Gasteiger partial charge in [0.25, 0.3) is 5.91 Å². The molecular weight excluding hydrogens is 250 g/mol. The van der Waals surface area contributed by atoms with Crippen LogP contribution in [0.15, 0.2) is 6.20 Å². The first-order valence-corrected chi connectivity index (χ1v) is 6.21. The van der Waals surface area contributed by atoms with Crippen molar-refractivity contribution in [2.45, 2.75) is 26.3 Å². The summed E-state index contributed by atoms with van der Waals surface area (Å²) in [5.41, 5.74) is 5.60. The number of carbonyl (C=O) groups is 2. The van der Waals surface area contributed by atoms with Gasteiger partial charge in [-0.3, -0.25) is 14.3 Å². The molecule has 8 nitrogen and oxygen atoms in total. The summed E-state index contributed by atoms with van der Waals surface area (Å²) in [5, 5.41) is 10.1. The summed E-state index contributed by atoms with van der Waals surface area (Å²) in [6, 6.07) is 0. The minimum Gasteiger partial charge on any atom is -0.466 e. The van der Waals surface area contributed by atoms with Crippen LogP contribution in [0.5, 0.6) is 0 Å². The van der Waals surface area contributed by atoms with E-state index in [-0.39, 0.29) is 24.0 Å². The van der Waals surface area contributed by atoms with E-state index in [9.17, 15) is 9.59 Å². The molecule has 0 aliphatic rings. The summed E-state index contributed by atoms with van der Waals surface area (Å²) in [6.45, 7) is 3.47. The van der Waals surface area contributed by atoms with E-state index in [0.717, 1.165) is 0 Å². The van der Waals surface area contributed by atoms with Crippen LogP contribution in [-0.4, -0.2) is 46.6 Å². The number of rotatable bonds is 8. The Bertz CT molecular complexity index is 418. The standard InChI is InChI=1S/C11H19N5O3/c1-2-19-10(17)4-3-6-13-11(18)9-8-16(7-5-12)15-14-9/h8H,2-7,12H2,1H3,(H,13,18). The van der Waals surface area contributed by atoms with E-state index in [1.54, 1.807) is 6.92 Å². The van der Waals surface area contributed by atoms with E-state index in [0.29, 0.717) is 32.7 Å². The first kappa shape index (κ1) is 15.1. The monoisotopic (exact) mass is 269 g/mol. The molecule has 106 valence electrons. The Labute approximate surface area is 111 Å². The van der Waals surface area contributed by atoms with Gasteiger partial charge in [-0.15, -0.1) is 5.10 Å². The number of carbonyl (C=O) groups excluding carboxylic acids is 2. The minimum atomic E-state index is -0.313. The van der Waals surface area contributed by atoms with Gasteiger partial charge in [-0.05, 0) is 13.3 Å². The van der Waals surface area contributed by atoms with Crippen molar-refractivity contribution in [1.82, 2.24) is 20.3 Å². The number of hydrogen-bond donors (Lipinski definition) is 2. The SMILES string of the molecule is CCOC(=O)CCCNC(=O)c1cn(CCN)nn1. The number of nitrogens with one attached hydrogen (secondary N) is 1. The second kappa shape index (κ2) is 8.20. The molecular formula is C11H19N5O3. The summed E-state index contributed by atoms with van der Waals surface area (Å²) < 4.78 is 6.28. The smallest absolute Gasteiger partial charge is 0.305 e. The molecule has 0 saturated carbocycles. The zero-order chi connectivity index (χ0) is 14.1. The second-order valence-electron chi connectivity index (χ2n) is 3.82. The van der Waals surface area contributed by atoms with E-state index in [1.807, 2.05) is 0 Å². The predicted molar refractivity (Wildman–Crippen MR) is 67.3 cm³/mol. The summed E-state index contributed by atoms with van der Waals surface area (Å²) in [5.74, 6) is -0.572.